The molecule has 0 aliphatic carbocycles. The summed E-state index contributed by atoms with van der Waals surface area (Å²) in [5.41, 5.74) is 2.11. The number of methoxy groups -OCH3 is 1. The van der Waals surface area contributed by atoms with Crippen LogP contribution in [0.25, 0.3) is 5.69 Å². The number of hydrogen-bond acceptors (Lipinski definition) is 4. The first-order valence-electron chi connectivity index (χ1n) is 7.11. The topological polar surface area (TPSA) is 47.4 Å². The van der Waals surface area contributed by atoms with Gasteiger partial charge in [-0.2, -0.15) is 5.10 Å². The Morgan fingerprint density at radius 3 is 2.76 bits per heavy atom. The second-order valence-corrected chi connectivity index (χ2v) is 4.92. The van der Waals surface area contributed by atoms with Crippen molar-refractivity contribution in [3.63, 3.8) is 0 Å². The van der Waals surface area contributed by atoms with Crippen LogP contribution in [0.3, 0.4) is 0 Å². The van der Waals surface area contributed by atoms with Gasteiger partial charge in [-0.1, -0.05) is 25.1 Å². The van der Waals surface area contributed by atoms with E-state index in [1.165, 1.54) is 7.11 Å². The smallest absolute Gasteiger partial charge is 0.319 e. The number of ether oxygens (including phenoxy) is 1. The van der Waals surface area contributed by atoms with Crippen molar-refractivity contribution in [2.45, 2.75) is 19.9 Å². The molecule has 0 saturated heterocycles. The van der Waals surface area contributed by atoms with E-state index < -0.39 is 0 Å². The molecule has 2 rings (SSSR count). The first-order valence-corrected chi connectivity index (χ1v) is 7.11. The van der Waals surface area contributed by atoms with Crippen molar-refractivity contribution in [2.24, 2.45) is 0 Å². The molecule has 0 atom stereocenters. The number of esters is 1. The van der Waals surface area contributed by atoms with Crippen LogP contribution in [0.4, 0.5) is 0 Å². The summed E-state index contributed by atoms with van der Waals surface area (Å²) in [6.45, 7) is 3.94. The Morgan fingerprint density at radius 2 is 2.10 bits per heavy atom. The zero-order chi connectivity index (χ0) is 15.1. The fourth-order valence-electron chi connectivity index (χ4n) is 2.20. The molecule has 0 saturated carbocycles. The Labute approximate surface area is 125 Å². The molecule has 5 heteroatoms. The van der Waals surface area contributed by atoms with Gasteiger partial charge in [-0.25, -0.2) is 4.68 Å². The summed E-state index contributed by atoms with van der Waals surface area (Å²) >= 11 is 0. The van der Waals surface area contributed by atoms with Gasteiger partial charge in [0, 0.05) is 18.3 Å². The fraction of sp³-hybridized carbons (Fsp3) is 0.375. The van der Waals surface area contributed by atoms with E-state index in [1.54, 1.807) is 0 Å². The molecule has 0 unspecified atom stereocenters. The van der Waals surface area contributed by atoms with E-state index in [4.69, 9.17) is 4.74 Å². The summed E-state index contributed by atoms with van der Waals surface area (Å²) in [7, 11) is 1.42. The minimum absolute atomic E-state index is 0.209. The summed E-state index contributed by atoms with van der Waals surface area (Å²) in [5, 5.41) is 4.37. The average molecular weight is 287 g/mol. The summed E-state index contributed by atoms with van der Waals surface area (Å²) in [6, 6.07) is 9.96. The third-order valence-corrected chi connectivity index (χ3v) is 3.18. The highest BCUT2D eigenvalue weighted by molar-refractivity contribution is 5.71. The number of carbonyl (C=O) groups excluding carboxylic acids is 1. The third-order valence-electron chi connectivity index (χ3n) is 3.18. The molecule has 0 amide bonds. The predicted octanol–water partition coefficient (Wildman–Crippen LogP) is 2.26. The summed E-state index contributed by atoms with van der Waals surface area (Å²) in [6.07, 6.45) is 4.83. The highest BCUT2D eigenvalue weighted by Gasteiger charge is 2.12. The molecule has 1 aromatic heterocycles. The van der Waals surface area contributed by atoms with E-state index in [9.17, 15) is 4.79 Å². The predicted molar refractivity (Wildman–Crippen MR) is 81.1 cm³/mol. The number of nitrogens with zero attached hydrogens (tertiary/aromatic N) is 3. The Kier molecular flexibility index (Phi) is 5.51. The number of benzene rings is 1. The van der Waals surface area contributed by atoms with E-state index in [2.05, 4.69) is 16.9 Å². The first-order chi connectivity index (χ1) is 10.2. The summed E-state index contributed by atoms with van der Waals surface area (Å²) < 4.78 is 6.58. The molecule has 0 N–H and O–H groups in total. The highest BCUT2D eigenvalue weighted by atomic mass is 16.5. The number of hydrogen-bond donors (Lipinski definition) is 0. The SMILES string of the molecule is CCCN(CC(=O)OC)Cc1cnn(-c2ccccc2)c1. The van der Waals surface area contributed by atoms with Gasteiger partial charge in [0.25, 0.3) is 0 Å². The van der Waals surface area contributed by atoms with Crippen LogP contribution in [0.1, 0.15) is 18.9 Å². The van der Waals surface area contributed by atoms with Gasteiger partial charge in [0.2, 0.25) is 0 Å². The van der Waals surface area contributed by atoms with Crippen molar-refractivity contribution in [3.05, 3.63) is 48.3 Å². The van der Waals surface area contributed by atoms with Crippen LogP contribution in [0.5, 0.6) is 0 Å². The van der Waals surface area contributed by atoms with Gasteiger partial charge >= 0.3 is 5.97 Å². The molecule has 1 heterocycles. The average Bonchev–Trinajstić information content (AvgIpc) is 2.97. The lowest BCUT2D eigenvalue weighted by molar-refractivity contribution is -0.142. The summed E-state index contributed by atoms with van der Waals surface area (Å²) in [5.74, 6) is -0.209. The van der Waals surface area contributed by atoms with E-state index in [1.807, 2.05) is 47.4 Å². The maximum absolute atomic E-state index is 11.4. The number of para-hydroxylation sites is 1. The Bertz CT molecular complexity index is 566. The van der Waals surface area contributed by atoms with Crippen LogP contribution in [0, 0.1) is 0 Å². The highest BCUT2D eigenvalue weighted by Crippen LogP contribution is 2.10. The Balaban J connectivity index is 2.04. The first kappa shape index (κ1) is 15.3. The standard InChI is InChI=1S/C16H21N3O2/c1-3-9-18(13-16(20)21-2)11-14-10-17-19(12-14)15-7-5-4-6-8-15/h4-8,10,12H,3,9,11,13H2,1-2H3. The molecular formula is C16H21N3O2. The van der Waals surface area contributed by atoms with Gasteiger partial charge in [-0.15, -0.1) is 0 Å². The third kappa shape index (κ3) is 4.43. The van der Waals surface area contributed by atoms with Gasteiger partial charge in [-0.3, -0.25) is 9.69 Å². The number of aromatic nitrogens is 2. The molecule has 0 fully saturated rings. The maximum atomic E-state index is 11.4. The molecule has 0 aliphatic rings. The second kappa shape index (κ2) is 7.59. The number of carbonyl (C=O) groups is 1. The van der Waals surface area contributed by atoms with Crippen molar-refractivity contribution in [2.75, 3.05) is 20.2 Å². The molecule has 1 aromatic carbocycles. The summed E-state index contributed by atoms with van der Waals surface area (Å²) in [4.78, 5) is 13.5. The normalized spacial score (nSPS) is 10.8. The lowest BCUT2D eigenvalue weighted by Gasteiger charge is -2.19. The van der Waals surface area contributed by atoms with Crippen molar-refractivity contribution in [1.82, 2.24) is 14.7 Å². The van der Waals surface area contributed by atoms with Gasteiger partial charge in [0.05, 0.1) is 25.5 Å². The van der Waals surface area contributed by atoms with Gasteiger partial charge in [0.1, 0.15) is 0 Å². The largest absolute Gasteiger partial charge is 0.468 e. The van der Waals surface area contributed by atoms with Crippen molar-refractivity contribution in [1.29, 1.82) is 0 Å². The monoisotopic (exact) mass is 287 g/mol. The maximum Gasteiger partial charge on any atom is 0.319 e. The molecule has 0 spiro atoms. The van der Waals surface area contributed by atoms with Gasteiger partial charge in [0.15, 0.2) is 0 Å². The lowest BCUT2D eigenvalue weighted by atomic mass is 10.3. The zero-order valence-corrected chi connectivity index (χ0v) is 12.5. The molecule has 21 heavy (non-hydrogen) atoms. The van der Waals surface area contributed by atoms with Crippen LogP contribution in [0.2, 0.25) is 0 Å². The van der Waals surface area contributed by atoms with E-state index in [-0.39, 0.29) is 5.97 Å². The Morgan fingerprint density at radius 1 is 1.33 bits per heavy atom. The molecule has 0 bridgehead atoms. The molecule has 0 aliphatic heterocycles. The van der Waals surface area contributed by atoms with Crippen LogP contribution in [0.15, 0.2) is 42.7 Å². The van der Waals surface area contributed by atoms with Crippen molar-refractivity contribution in [3.8, 4) is 5.69 Å². The molecule has 5 nitrogen and oxygen atoms in total. The van der Waals surface area contributed by atoms with Crippen LogP contribution >= 0.6 is 0 Å². The lowest BCUT2D eigenvalue weighted by Crippen LogP contribution is -2.30. The quantitative estimate of drug-likeness (QED) is 0.733. The van der Waals surface area contributed by atoms with Gasteiger partial charge in [-0.05, 0) is 25.1 Å². The second-order valence-electron chi connectivity index (χ2n) is 4.92. The van der Waals surface area contributed by atoms with E-state index in [0.717, 1.165) is 24.2 Å². The van der Waals surface area contributed by atoms with Crippen molar-refractivity contribution >= 4 is 5.97 Å². The molecule has 2 aromatic rings. The minimum Gasteiger partial charge on any atom is -0.468 e. The Hall–Kier alpha value is -2.14. The van der Waals surface area contributed by atoms with Gasteiger partial charge < -0.3 is 4.74 Å². The molecular weight excluding hydrogens is 266 g/mol. The van der Waals surface area contributed by atoms with Crippen LogP contribution in [-0.2, 0) is 16.1 Å². The molecule has 112 valence electrons. The molecule has 0 radical (unpaired) electrons. The van der Waals surface area contributed by atoms with E-state index in [0.29, 0.717) is 13.1 Å². The van der Waals surface area contributed by atoms with E-state index >= 15 is 0 Å². The minimum atomic E-state index is -0.209. The van der Waals surface area contributed by atoms with Crippen LogP contribution in [-0.4, -0.2) is 40.8 Å². The zero-order valence-electron chi connectivity index (χ0n) is 12.5. The van der Waals surface area contributed by atoms with Crippen molar-refractivity contribution < 1.29 is 9.53 Å². The number of rotatable bonds is 7. The fourth-order valence-corrected chi connectivity index (χ4v) is 2.20. The van der Waals surface area contributed by atoms with Crippen LogP contribution < -0.4 is 0 Å².